The van der Waals surface area contributed by atoms with Crippen molar-refractivity contribution in [2.75, 3.05) is 0 Å². The molecule has 2 aromatic heterocycles. The molecule has 5 heteroatoms. The topological polar surface area (TPSA) is 42.0 Å². The van der Waals surface area contributed by atoms with Crippen molar-refractivity contribution in [3.05, 3.63) is 50.9 Å². The summed E-state index contributed by atoms with van der Waals surface area (Å²) >= 11 is 5.03. The predicted octanol–water partition coefficient (Wildman–Crippen LogP) is 2.84. The van der Waals surface area contributed by atoms with Crippen LogP contribution in [0.5, 0.6) is 0 Å². The van der Waals surface area contributed by atoms with Crippen LogP contribution in [0.25, 0.3) is 0 Å². The van der Waals surface area contributed by atoms with E-state index >= 15 is 0 Å². The van der Waals surface area contributed by atoms with E-state index in [1.165, 1.54) is 0 Å². The van der Waals surface area contributed by atoms with Crippen LogP contribution >= 0.6 is 27.3 Å². The van der Waals surface area contributed by atoms with E-state index in [-0.39, 0.29) is 5.91 Å². The van der Waals surface area contributed by atoms with E-state index < -0.39 is 0 Å². The summed E-state index contributed by atoms with van der Waals surface area (Å²) in [5.74, 6) is -0.0808. The molecule has 82 valence electrons. The molecule has 0 bridgehead atoms. The highest BCUT2D eigenvalue weighted by Gasteiger charge is 2.06. The molecule has 0 saturated heterocycles. The molecule has 0 aromatic carbocycles. The average molecular weight is 297 g/mol. The van der Waals surface area contributed by atoms with Crippen LogP contribution in [-0.4, -0.2) is 10.9 Å². The monoisotopic (exact) mass is 296 g/mol. The van der Waals surface area contributed by atoms with E-state index in [4.69, 9.17) is 0 Å². The Balaban J connectivity index is 1.97. The zero-order valence-electron chi connectivity index (χ0n) is 8.31. The van der Waals surface area contributed by atoms with Gasteiger partial charge in [-0.1, -0.05) is 0 Å². The second kappa shape index (κ2) is 5.23. The summed E-state index contributed by atoms with van der Waals surface area (Å²) in [6.07, 6.45) is 3.21. The van der Waals surface area contributed by atoms with Crippen molar-refractivity contribution in [3.63, 3.8) is 0 Å². The van der Waals surface area contributed by atoms with Crippen LogP contribution in [-0.2, 0) is 6.54 Å². The number of nitrogens with one attached hydrogen (secondary N) is 1. The second-order valence-corrected chi connectivity index (χ2v) is 4.97. The number of thiophene rings is 1. The quantitative estimate of drug-likeness (QED) is 0.946. The lowest BCUT2D eigenvalue weighted by molar-refractivity contribution is 0.0951. The Morgan fingerprint density at radius 1 is 1.38 bits per heavy atom. The van der Waals surface area contributed by atoms with Crippen molar-refractivity contribution in [1.29, 1.82) is 0 Å². The normalized spacial score (nSPS) is 10.1. The molecule has 0 saturated carbocycles. The van der Waals surface area contributed by atoms with E-state index in [1.807, 2.05) is 11.4 Å². The van der Waals surface area contributed by atoms with Crippen LogP contribution in [0.3, 0.4) is 0 Å². The first-order valence-electron chi connectivity index (χ1n) is 4.67. The molecule has 0 atom stereocenters. The molecule has 2 aromatic rings. The van der Waals surface area contributed by atoms with Crippen LogP contribution in [0.2, 0.25) is 0 Å². The SMILES string of the molecule is O=C(NCc1sccc1Br)c1ccncc1. The van der Waals surface area contributed by atoms with Crippen molar-refractivity contribution in [2.24, 2.45) is 0 Å². The Kier molecular flexibility index (Phi) is 3.69. The summed E-state index contributed by atoms with van der Waals surface area (Å²) in [5.41, 5.74) is 0.627. The fraction of sp³-hybridized carbons (Fsp3) is 0.0909. The Morgan fingerprint density at radius 3 is 2.75 bits per heavy atom. The Labute approximate surface area is 106 Å². The number of carbonyl (C=O) groups excluding carboxylic acids is 1. The molecule has 1 amide bonds. The van der Waals surface area contributed by atoms with Crippen LogP contribution in [0, 0.1) is 0 Å². The Hall–Kier alpha value is -1.20. The molecule has 1 N–H and O–H groups in total. The largest absolute Gasteiger partial charge is 0.347 e. The number of rotatable bonds is 3. The van der Waals surface area contributed by atoms with Gasteiger partial charge in [-0.05, 0) is 39.5 Å². The first-order chi connectivity index (χ1) is 7.77. The van der Waals surface area contributed by atoms with Crippen LogP contribution in [0.4, 0.5) is 0 Å². The predicted molar refractivity (Wildman–Crippen MR) is 67.4 cm³/mol. The summed E-state index contributed by atoms with van der Waals surface area (Å²) in [6.45, 7) is 0.541. The Morgan fingerprint density at radius 2 is 2.12 bits per heavy atom. The van der Waals surface area contributed by atoms with Crippen LogP contribution in [0.15, 0.2) is 40.4 Å². The third-order valence-corrected chi connectivity index (χ3v) is 3.97. The molecule has 0 radical (unpaired) electrons. The van der Waals surface area contributed by atoms with Gasteiger partial charge in [0.1, 0.15) is 0 Å². The molecular weight excluding hydrogens is 288 g/mol. The molecular formula is C11H9BrN2OS. The van der Waals surface area contributed by atoms with Crippen molar-refractivity contribution in [3.8, 4) is 0 Å². The van der Waals surface area contributed by atoms with Crippen molar-refractivity contribution >= 4 is 33.2 Å². The number of halogens is 1. The summed E-state index contributed by atoms with van der Waals surface area (Å²) < 4.78 is 1.03. The average Bonchev–Trinajstić information content (AvgIpc) is 2.73. The minimum atomic E-state index is -0.0808. The van der Waals surface area contributed by atoms with E-state index in [0.29, 0.717) is 12.1 Å². The molecule has 0 unspecified atom stereocenters. The molecule has 0 spiro atoms. The zero-order valence-corrected chi connectivity index (χ0v) is 10.7. The Bertz CT molecular complexity index is 484. The lowest BCUT2D eigenvalue weighted by atomic mass is 10.2. The molecule has 0 fully saturated rings. The molecule has 2 heterocycles. The van der Waals surface area contributed by atoms with Crippen molar-refractivity contribution in [2.45, 2.75) is 6.54 Å². The summed E-state index contributed by atoms with van der Waals surface area (Å²) in [5, 5.41) is 4.84. The molecule has 2 rings (SSSR count). The maximum absolute atomic E-state index is 11.7. The molecule has 3 nitrogen and oxygen atoms in total. The van der Waals surface area contributed by atoms with Gasteiger partial charge in [-0.25, -0.2) is 0 Å². The van der Waals surface area contributed by atoms with Gasteiger partial charge in [0.15, 0.2) is 0 Å². The van der Waals surface area contributed by atoms with Gasteiger partial charge >= 0.3 is 0 Å². The van der Waals surface area contributed by atoms with Gasteiger partial charge in [0.2, 0.25) is 0 Å². The number of aromatic nitrogens is 1. The molecule has 16 heavy (non-hydrogen) atoms. The van der Waals surface area contributed by atoms with Gasteiger partial charge in [0, 0.05) is 27.3 Å². The summed E-state index contributed by atoms with van der Waals surface area (Å²) in [7, 11) is 0. The first-order valence-corrected chi connectivity index (χ1v) is 6.35. The maximum atomic E-state index is 11.7. The number of hydrogen-bond donors (Lipinski definition) is 1. The zero-order chi connectivity index (χ0) is 11.4. The highest BCUT2D eigenvalue weighted by Crippen LogP contribution is 2.22. The van der Waals surface area contributed by atoms with Gasteiger partial charge in [-0.15, -0.1) is 11.3 Å². The molecule has 0 aliphatic heterocycles. The fourth-order valence-corrected chi connectivity index (χ4v) is 2.65. The van der Waals surface area contributed by atoms with Gasteiger partial charge in [0.25, 0.3) is 5.91 Å². The van der Waals surface area contributed by atoms with Gasteiger partial charge in [0.05, 0.1) is 6.54 Å². The third kappa shape index (κ3) is 2.68. The van der Waals surface area contributed by atoms with Crippen LogP contribution in [0.1, 0.15) is 15.2 Å². The highest BCUT2D eigenvalue weighted by molar-refractivity contribution is 9.10. The highest BCUT2D eigenvalue weighted by atomic mass is 79.9. The van der Waals surface area contributed by atoms with Crippen molar-refractivity contribution in [1.82, 2.24) is 10.3 Å². The summed E-state index contributed by atoms with van der Waals surface area (Å²) in [6, 6.07) is 5.36. The first kappa shape index (κ1) is 11.3. The van der Waals surface area contributed by atoms with Gasteiger partial charge in [-0.3, -0.25) is 9.78 Å². The lowest BCUT2D eigenvalue weighted by Gasteiger charge is -2.03. The number of nitrogens with zero attached hydrogens (tertiary/aromatic N) is 1. The standard InChI is InChI=1S/C11H9BrN2OS/c12-9-3-6-16-10(9)7-14-11(15)8-1-4-13-5-2-8/h1-6H,7H2,(H,14,15). The third-order valence-electron chi connectivity index (χ3n) is 2.04. The molecule has 0 aliphatic carbocycles. The smallest absolute Gasteiger partial charge is 0.251 e. The van der Waals surface area contributed by atoms with Crippen molar-refractivity contribution < 1.29 is 4.79 Å². The van der Waals surface area contributed by atoms with E-state index in [1.54, 1.807) is 35.9 Å². The minimum Gasteiger partial charge on any atom is -0.347 e. The number of hydrogen-bond acceptors (Lipinski definition) is 3. The second-order valence-electron chi connectivity index (χ2n) is 3.11. The fourth-order valence-electron chi connectivity index (χ4n) is 1.22. The van der Waals surface area contributed by atoms with Gasteiger partial charge in [-0.2, -0.15) is 0 Å². The number of carbonyl (C=O) groups is 1. The van der Waals surface area contributed by atoms with E-state index in [2.05, 4.69) is 26.2 Å². The van der Waals surface area contributed by atoms with Gasteiger partial charge < -0.3 is 5.32 Å². The van der Waals surface area contributed by atoms with Crippen LogP contribution < -0.4 is 5.32 Å². The lowest BCUT2D eigenvalue weighted by Crippen LogP contribution is -2.22. The summed E-state index contributed by atoms with van der Waals surface area (Å²) in [4.78, 5) is 16.7. The maximum Gasteiger partial charge on any atom is 0.251 e. The minimum absolute atomic E-state index is 0.0808. The number of pyridine rings is 1. The number of amides is 1. The molecule has 0 aliphatic rings. The van der Waals surface area contributed by atoms with E-state index in [9.17, 15) is 4.79 Å². The van der Waals surface area contributed by atoms with E-state index in [0.717, 1.165) is 9.35 Å².